The third-order valence-electron chi connectivity index (χ3n) is 2.41. The van der Waals surface area contributed by atoms with Crippen molar-refractivity contribution in [2.24, 2.45) is 0 Å². The molecule has 0 bridgehead atoms. The maximum Gasteiger partial charge on any atom is 0.405 e. The molecule has 1 aromatic rings. The third-order valence-corrected chi connectivity index (χ3v) is 2.41. The Hall–Kier alpha value is -2.78. The molecule has 0 heterocycles. The van der Waals surface area contributed by atoms with E-state index < -0.39 is 37.2 Å². The van der Waals surface area contributed by atoms with E-state index in [2.05, 4.69) is 4.74 Å². The molecule has 0 atom stereocenters. The molecule has 0 unspecified atom stereocenters. The molecule has 0 aliphatic heterocycles. The third kappa shape index (κ3) is 6.68. The highest BCUT2D eigenvalue weighted by atomic mass is 19.4. The number of halogens is 3. The van der Waals surface area contributed by atoms with E-state index in [1.807, 2.05) is 0 Å². The molecular formula is C13H13F3N2O5. The summed E-state index contributed by atoms with van der Waals surface area (Å²) in [5, 5.41) is 12.5. The number of esters is 1. The van der Waals surface area contributed by atoms with Crippen molar-refractivity contribution in [3.63, 3.8) is 0 Å². The average molecular weight is 334 g/mol. The van der Waals surface area contributed by atoms with Crippen LogP contribution in [0.15, 0.2) is 18.2 Å². The molecule has 0 aliphatic carbocycles. The molecule has 1 aromatic carbocycles. The van der Waals surface area contributed by atoms with E-state index >= 15 is 0 Å². The number of carbonyl (C=O) groups is 3. The van der Waals surface area contributed by atoms with E-state index in [0.717, 1.165) is 0 Å². The maximum atomic E-state index is 11.8. The lowest BCUT2D eigenvalue weighted by molar-refractivity contribution is -0.125. The van der Waals surface area contributed by atoms with Crippen molar-refractivity contribution in [3.05, 3.63) is 29.3 Å². The largest absolute Gasteiger partial charge is 0.507 e. The predicted molar refractivity (Wildman–Crippen MR) is 70.7 cm³/mol. The summed E-state index contributed by atoms with van der Waals surface area (Å²) < 4.78 is 40.1. The van der Waals surface area contributed by atoms with Crippen LogP contribution in [0.25, 0.3) is 0 Å². The lowest BCUT2D eigenvalue weighted by Gasteiger charge is -2.09. The van der Waals surface area contributed by atoms with E-state index in [4.69, 9.17) is 0 Å². The van der Waals surface area contributed by atoms with Gasteiger partial charge in [-0.3, -0.25) is 10.1 Å². The zero-order valence-corrected chi connectivity index (χ0v) is 11.9. The Balaban J connectivity index is 2.45. The molecule has 0 saturated heterocycles. The Morgan fingerprint density at radius 3 is 2.52 bits per heavy atom. The van der Waals surface area contributed by atoms with Gasteiger partial charge in [0.15, 0.2) is 6.61 Å². The standard InChI is InChI=1S/C13H13F3N2O5/c1-7-2-3-9(19)8(4-7)11(21)23-5-10(20)18-12(22)17-6-13(14,15)16/h2-4,19H,5-6H2,1H3,(H2,17,18,20,22). The summed E-state index contributed by atoms with van der Waals surface area (Å²) in [6.45, 7) is -0.845. The van der Waals surface area contributed by atoms with Gasteiger partial charge in [-0.2, -0.15) is 13.2 Å². The summed E-state index contributed by atoms with van der Waals surface area (Å²) in [7, 11) is 0. The van der Waals surface area contributed by atoms with E-state index in [9.17, 15) is 32.7 Å². The van der Waals surface area contributed by atoms with E-state index in [0.29, 0.717) is 5.56 Å². The van der Waals surface area contributed by atoms with E-state index in [-0.39, 0.29) is 11.3 Å². The van der Waals surface area contributed by atoms with Crippen molar-refractivity contribution in [1.29, 1.82) is 0 Å². The van der Waals surface area contributed by atoms with Gasteiger partial charge in [-0.05, 0) is 19.1 Å². The predicted octanol–water partition coefficient (Wildman–Crippen LogP) is 1.25. The number of aryl methyl sites for hydroxylation is 1. The number of urea groups is 1. The van der Waals surface area contributed by atoms with Crippen molar-refractivity contribution in [3.8, 4) is 5.75 Å². The molecule has 0 saturated carbocycles. The van der Waals surface area contributed by atoms with Crippen molar-refractivity contribution in [2.75, 3.05) is 13.2 Å². The Bertz CT molecular complexity index is 616. The minimum absolute atomic E-state index is 0.181. The molecule has 0 radical (unpaired) electrons. The van der Waals surface area contributed by atoms with Crippen LogP contribution in [-0.2, 0) is 9.53 Å². The molecule has 0 spiro atoms. The highest BCUT2D eigenvalue weighted by molar-refractivity contribution is 5.97. The van der Waals surface area contributed by atoms with E-state index in [1.54, 1.807) is 18.3 Å². The fourth-order valence-electron chi connectivity index (χ4n) is 1.41. The summed E-state index contributed by atoms with van der Waals surface area (Å²) in [4.78, 5) is 33.9. The second-order valence-electron chi connectivity index (χ2n) is 4.44. The van der Waals surface area contributed by atoms with Gasteiger partial charge in [0.2, 0.25) is 0 Å². The quantitative estimate of drug-likeness (QED) is 0.719. The summed E-state index contributed by atoms with van der Waals surface area (Å²) >= 11 is 0. The summed E-state index contributed by atoms with van der Waals surface area (Å²) in [5.74, 6) is -2.49. The molecule has 0 aliphatic rings. The first kappa shape index (κ1) is 18.3. The van der Waals surface area contributed by atoms with Gasteiger partial charge in [-0.25, -0.2) is 9.59 Å². The van der Waals surface area contributed by atoms with Crippen molar-refractivity contribution in [2.45, 2.75) is 13.1 Å². The van der Waals surface area contributed by atoms with Crippen LogP contribution in [-0.4, -0.2) is 42.3 Å². The first-order valence-corrected chi connectivity index (χ1v) is 6.19. The molecule has 126 valence electrons. The molecule has 7 nitrogen and oxygen atoms in total. The molecule has 0 fully saturated rings. The van der Waals surface area contributed by atoms with Crippen LogP contribution < -0.4 is 10.6 Å². The Morgan fingerprint density at radius 1 is 1.26 bits per heavy atom. The molecular weight excluding hydrogens is 321 g/mol. The molecule has 3 N–H and O–H groups in total. The highest BCUT2D eigenvalue weighted by Gasteiger charge is 2.28. The number of carbonyl (C=O) groups excluding carboxylic acids is 3. The van der Waals surface area contributed by atoms with Crippen molar-refractivity contribution >= 4 is 17.9 Å². The minimum Gasteiger partial charge on any atom is -0.507 e. The Labute approximate surface area is 128 Å². The minimum atomic E-state index is -4.62. The molecule has 0 aromatic heterocycles. The molecule has 3 amide bonds. The maximum absolute atomic E-state index is 11.8. The van der Waals surface area contributed by atoms with Crippen LogP contribution in [0.1, 0.15) is 15.9 Å². The monoisotopic (exact) mass is 334 g/mol. The highest BCUT2D eigenvalue weighted by Crippen LogP contribution is 2.19. The Morgan fingerprint density at radius 2 is 1.91 bits per heavy atom. The second kappa shape index (κ2) is 7.47. The summed E-state index contributed by atoms with van der Waals surface area (Å²) in [5.41, 5.74) is 0.477. The number of benzene rings is 1. The van der Waals surface area contributed by atoms with Gasteiger partial charge in [0.05, 0.1) is 0 Å². The lowest BCUT2D eigenvalue weighted by atomic mass is 10.1. The number of hydrogen-bond donors (Lipinski definition) is 3. The van der Waals surface area contributed by atoms with Crippen LogP contribution in [0.2, 0.25) is 0 Å². The fraction of sp³-hybridized carbons (Fsp3) is 0.308. The van der Waals surface area contributed by atoms with Crippen LogP contribution >= 0.6 is 0 Å². The lowest BCUT2D eigenvalue weighted by Crippen LogP contribution is -2.44. The van der Waals surface area contributed by atoms with Gasteiger partial charge in [0.25, 0.3) is 5.91 Å². The number of hydrogen-bond acceptors (Lipinski definition) is 5. The molecule has 10 heteroatoms. The summed E-state index contributed by atoms with van der Waals surface area (Å²) in [6.07, 6.45) is -4.62. The summed E-state index contributed by atoms with van der Waals surface area (Å²) in [6, 6.07) is 2.76. The topological polar surface area (TPSA) is 105 Å². The number of alkyl halides is 3. The van der Waals surface area contributed by atoms with Gasteiger partial charge >= 0.3 is 18.2 Å². The average Bonchev–Trinajstić information content (AvgIpc) is 2.44. The van der Waals surface area contributed by atoms with Gasteiger partial charge in [-0.1, -0.05) is 11.6 Å². The number of ether oxygens (including phenoxy) is 1. The first-order valence-electron chi connectivity index (χ1n) is 6.19. The molecule has 23 heavy (non-hydrogen) atoms. The number of nitrogens with one attached hydrogen (secondary N) is 2. The zero-order valence-electron chi connectivity index (χ0n) is 11.9. The number of phenolic OH excluding ortho intramolecular Hbond substituents is 1. The van der Waals surface area contributed by atoms with Gasteiger partial charge in [-0.15, -0.1) is 0 Å². The van der Waals surface area contributed by atoms with Crippen molar-refractivity contribution in [1.82, 2.24) is 10.6 Å². The van der Waals surface area contributed by atoms with Gasteiger partial charge in [0, 0.05) is 0 Å². The van der Waals surface area contributed by atoms with Crippen LogP contribution in [0.3, 0.4) is 0 Å². The number of rotatable bonds is 4. The number of imide groups is 1. The Kier molecular flexibility index (Phi) is 5.94. The van der Waals surface area contributed by atoms with Gasteiger partial charge < -0.3 is 15.2 Å². The smallest absolute Gasteiger partial charge is 0.405 e. The van der Waals surface area contributed by atoms with Gasteiger partial charge in [0.1, 0.15) is 17.9 Å². The second-order valence-corrected chi connectivity index (χ2v) is 4.44. The van der Waals surface area contributed by atoms with Crippen LogP contribution in [0.5, 0.6) is 5.75 Å². The van der Waals surface area contributed by atoms with Crippen LogP contribution in [0, 0.1) is 6.92 Å². The first-order chi connectivity index (χ1) is 10.6. The number of amides is 3. The normalized spacial score (nSPS) is 10.8. The van der Waals surface area contributed by atoms with Crippen LogP contribution in [0.4, 0.5) is 18.0 Å². The molecule has 1 rings (SSSR count). The van der Waals surface area contributed by atoms with Crippen molar-refractivity contribution < 1.29 is 37.4 Å². The number of aromatic hydroxyl groups is 1. The van der Waals surface area contributed by atoms with E-state index in [1.165, 1.54) is 17.4 Å². The number of phenols is 1. The fourth-order valence-corrected chi connectivity index (χ4v) is 1.41. The zero-order chi connectivity index (χ0) is 17.6. The SMILES string of the molecule is Cc1ccc(O)c(C(=O)OCC(=O)NC(=O)NCC(F)(F)F)c1.